The van der Waals surface area contributed by atoms with Crippen LogP contribution in [0.1, 0.15) is 25.0 Å². The predicted molar refractivity (Wildman–Crippen MR) is 109 cm³/mol. The van der Waals surface area contributed by atoms with Crippen LogP contribution >= 0.6 is 0 Å². The van der Waals surface area contributed by atoms with E-state index in [0.717, 1.165) is 10.9 Å². The number of alkyl halides is 5. The molecule has 0 radical (unpaired) electrons. The molecule has 3 aromatic rings. The Balaban J connectivity index is 1.30. The first-order valence-corrected chi connectivity index (χ1v) is 10.6. The fourth-order valence-corrected chi connectivity index (χ4v) is 4.53. The van der Waals surface area contributed by atoms with E-state index in [2.05, 4.69) is 25.0 Å². The van der Waals surface area contributed by atoms with Gasteiger partial charge in [0.05, 0.1) is 30.2 Å². The first-order valence-electron chi connectivity index (χ1n) is 10.6. The smallest absolute Gasteiger partial charge is 0.355 e. The van der Waals surface area contributed by atoms with E-state index in [1.54, 1.807) is 0 Å². The average Bonchev–Trinajstić information content (AvgIpc) is 3.34. The Morgan fingerprint density at radius 1 is 0.941 bits per heavy atom. The molecule has 5 rings (SSSR count). The van der Waals surface area contributed by atoms with Crippen molar-refractivity contribution in [3.05, 3.63) is 30.5 Å². The molecule has 9 nitrogen and oxygen atoms in total. The second-order valence-electron chi connectivity index (χ2n) is 8.39. The Labute approximate surface area is 189 Å². The standard InChI is InChI=1S/C20H19F5N8O/c21-14(22)11-33-17-12(7-29-33)26-10-16(30-17)32-6-3-19(18(32)34)1-4-31(5-2-19)15-9-27-13(8-28-15)20(23,24)25/h7-10,14H,1-6,11H2. The quantitative estimate of drug-likeness (QED) is 0.528. The van der Waals surface area contributed by atoms with Crippen LogP contribution in [0, 0.1) is 5.41 Å². The number of anilines is 2. The van der Waals surface area contributed by atoms with Crippen molar-refractivity contribution in [2.75, 3.05) is 29.4 Å². The Kier molecular flexibility index (Phi) is 5.32. The lowest BCUT2D eigenvalue weighted by Gasteiger charge is -2.38. The molecule has 2 saturated heterocycles. The molecule has 1 amide bonds. The van der Waals surface area contributed by atoms with Crippen LogP contribution in [-0.2, 0) is 17.5 Å². The molecule has 0 aromatic carbocycles. The Morgan fingerprint density at radius 2 is 1.65 bits per heavy atom. The van der Waals surface area contributed by atoms with Gasteiger partial charge >= 0.3 is 6.18 Å². The van der Waals surface area contributed by atoms with Crippen LogP contribution < -0.4 is 9.80 Å². The third kappa shape index (κ3) is 3.90. The summed E-state index contributed by atoms with van der Waals surface area (Å²) in [6.45, 7) is 0.654. The molecule has 34 heavy (non-hydrogen) atoms. The molecule has 180 valence electrons. The van der Waals surface area contributed by atoms with Crippen molar-refractivity contribution in [2.24, 2.45) is 5.41 Å². The topological polar surface area (TPSA) is 92.9 Å². The summed E-state index contributed by atoms with van der Waals surface area (Å²) in [5.74, 6) is 0.481. The average molecular weight is 482 g/mol. The lowest BCUT2D eigenvalue weighted by Crippen LogP contribution is -2.45. The van der Waals surface area contributed by atoms with E-state index in [1.807, 2.05) is 4.90 Å². The van der Waals surface area contributed by atoms with Crippen LogP contribution in [0.2, 0.25) is 0 Å². The van der Waals surface area contributed by atoms with E-state index in [4.69, 9.17) is 0 Å². The number of amides is 1. The van der Waals surface area contributed by atoms with Crippen molar-refractivity contribution < 1.29 is 26.7 Å². The summed E-state index contributed by atoms with van der Waals surface area (Å²) < 4.78 is 64.9. The molecule has 0 saturated carbocycles. The van der Waals surface area contributed by atoms with E-state index in [-0.39, 0.29) is 17.4 Å². The molecule has 0 aliphatic carbocycles. The van der Waals surface area contributed by atoms with Crippen molar-refractivity contribution >= 4 is 28.7 Å². The van der Waals surface area contributed by atoms with Crippen molar-refractivity contribution in [2.45, 2.75) is 38.4 Å². The Hall–Kier alpha value is -3.45. The number of hydrogen-bond acceptors (Lipinski definition) is 7. The van der Waals surface area contributed by atoms with Gasteiger partial charge in [0.2, 0.25) is 5.91 Å². The fraction of sp³-hybridized carbons (Fsp3) is 0.500. The van der Waals surface area contributed by atoms with Gasteiger partial charge in [-0.15, -0.1) is 0 Å². The van der Waals surface area contributed by atoms with Gasteiger partial charge in [0.1, 0.15) is 17.9 Å². The van der Waals surface area contributed by atoms with Crippen LogP contribution in [0.5, 0.6) is 0 Å². The molecule has 14 heteroatoms. The molecule has 0 atom stereocenters. The van der Waals surface area contributed by atoms with E-state index in [0.29, 0.717) is 56.4 Å². The van der Waals surface area contributed by atoms with E-state index < -0.39 is 30.3 Å². The summed E-state index contributed by atoms with van der Waals surface area (Å²) in [6, 6.07) is 0. The molecule has 2 fully saturated rings. The molecule has 0 unspecified atom stereocenters. The van der Waals surface area contributed by atoms with Crippen LogP contribution in [0.3, 0.4) is 0 Å². The van der Waals surface area contributed by atoms with Gasteiger partial charge in [-0.2, -0.15) is 18.3 Å². The van der Waals surface area contributed by atoms with Crippen LogP contribution in [0.25, 0.3) is 11.2 Å². The molecule has 0 bridgehead atoms. The number of rotatable bonds is 4. The van der Waals surface area contributed by atoms with E-state index in [1.165, 1.54) is 17.3 Å². The summed E-state index contributed by atoms with van der Waals surface area (Å²) in [6.07, 6.45) is -1.03. The van der Waals surface area contributed by atoms with E-state index in [9.17, 15) is 26.7 Å². The van der Waals surface area contributed by atoms with Gasteiger partial charge in [0.15, 0.2) is 17.2 Å². The SMILES string of the molecule is O=C1N(c2cnc3cnn(CC(F)F)c3n2)CCC12CCN(c1cnc(C(F)(F)F)cn1)CC2. The summed E-state index contributed by atoms with van der Waals surface area (Å²) in [4.78, 5) is 32.6. The third-order valence-electron chi connectivity index (χ3n) is 6.41. The largest absolute Gasteiger partial charge is 0.434 e. The lowest BCUT2D eigenvalue weighted by atomic mass is 9.77. The summed E-state index contributed by atoms with van der Waals surface area (Å²) in [5, 5.41) is 3.89. The predicted octanol–water partition coefficient (Wildman–Crippen LogP) is 2.92. The van der Waals surface area contributed by atoms with Gasteiger partial charge in [-0.1, -0.05) is 0 Å². The normalized spacial score (nSPS) is 18.6. The minimum Gasteiger partial charge on any atom is -0.355 e. The van der Waals surface area contributed by atoms with Gasteiger partial charge in [0.25, 0.3) is 6.43 Å². The highest BCUT2D eigenvalue weighted by Gasteiger charge is 2.49. The van der Waals surface area contributed by atoms with Crippen LogP contribution in [-0.4, -0.2) is 61.7 Å². The minimum absolute atomic E-state index is 0.126. The number of nitrogens with zero attached hydrogens (tertiary/aromatic N) is 8. The zero-order valence-corrected chi connectivity index (χ0v) is 17.7. The molecular formula is C20H19F5N8O. The van der Waals surface area contributed by atoms with Gasteiger partial charge in [-0.25, -0.2) is 33.4 Å². The molecule has 2 aliphatic rings. The summed E-state index contributed by atoms with van der Waals surface area (Å²) in [7, 11) is 0. The Morgan fingerprint density at radius 3 is 2.29 bits per heavy atom. The number of halogens is 5. The molecule has 0 N–H and O–H groups in total. The molecule has 5 heterocycles. The minimum atomic E-state index is -4.56. The number of fused-ring (bicyclic) bond motifs is 1. The Bertz CT molecular complexity index is 1200. The summed E-state index contributed by atoms with van der Waals surface area (Å²) >= 11 is 0. The van der Waals surface area contributed by atoms with Crippen molar-refractivity contribution in [3.63, 3.8) is 0 Å². The second-order valence-corrected chi connectivity index (χ2v) is 8.39. The number of piperidine rings is 1. The molecule has 3 aromatic heterocycles. The van der Waals surface area contributed by atoms with Crippen molar-refractivity contribution in [1.82, 2.24) is 29.7 Å². The second kappa shape index (κ2) is 8.09. The lowest BCUT2D eigenvalue weighted by molar-refractivity contribution is -0.141. The van der Waals surface area contributed by atoms with Gasteiger partial charge in [-0.05, 0) is 19.3 Å². The highest BCUT2D eigenvalue weighted by molar-refractivity contribution is 5.99. The van der Waals surface area contributed by atoms with Crippen molar-refractivity contribution in [3.8, 4) is 0 Å². The highest BCUT2D eigenvalue weighted by Crippen LogP contribution is 2.43. The first kappa shape index (κ1) is 22.3. The first-order chi connectivity index (χ1) is 16.2. The maximum absolute atomic E-state index is 13.4. The summed E-state index contributed by atoms with van der Waals surface area (Å²) in [5.41, 5.74) is -1.14. The van der Waals surface area contributed by atoms with Gasteiger partial charge in [0, 0.05) is 19.6 Å². The number of carbonyl (C=O) groups is 1. The maximum Gasteiger partial charge on any atom is 0.434 e. The maximum atomic E-state index is 13.4. The van der Waals surface area contributed by atoms with Crippen LogP contribution in [0.15, 0.2) is 24.8 Å². The zero-order valence-electron chi connectivity index (χ0n) is 17.7. The third-order valence-corrected chi connectivity index (χ3v) is 6.41. The van der Waals surface area contributed by atoms with Gasteiger partial charge < -0.3 is 4.90 Å². The number of hydrogen-bond donors (Lipinski definition) is 0. The van der Waals surface area contributed by atoms with E-state index >= 15 is 0 Å². The molecular weight excluding hydrogens is 463 g/mol. The van der Waals surface area contributed by atoms with Gasteiger partial charge in [-0.3, -0.25) is 9.69 Å². The van der Waals surface area contributed by atoms with Crippen LogP contribution in [0.4, 0.5) is 33.6 Å². The highest BCUT2D eigenvalue weighted by atomic mass is 19.4. The molecule has 2 aliphatic heterocycles. The van der Waals surface area contributed by atoms with Crippen molar-refractivity contribution in [1.29, 1.82) is 0 Å². The fourth-order valence-electron chi connectivity index (χ4n) is 4.53. The molecule has 1 spiro atoms. The zero-order chi connectivity index (χ0) is 24.1. The monoisotopic (exact) mass is 482 g/mol. The number of aromatic nitrogens is 6. The number of carbonyl (C=O) groups excluding carboxylic acids is 1.